The molecule has 0 amide bonds. The fraction of sp³-hybridized carbons (Fsp3) is 0.867. The van der Waals surface area contributed by atoms with Crippen LogP contribution in [0.3, 0.4) is 0 Å². The molecule has 0 aromatic heterocycles. The Kier molecular flexibility index (Phi) is 3.94. The molecule has 0 bridgehead atoms. The third-order valence-electron chi connectivity index (χ3n) is 4.47. The molecule has 2 N–H and O–H groups in total. The van der Waals surface area contributed by atoms with E-state index in [-0.39, 0.29) is 0 Å². The minimum atomic E-state index is 0.357. The van der Waals surface area contributed by atoms with Crippen molar-refractivity contribution >= 4 is 0 Å². The third-order valence-corrected chi connectivity index (χ3v) is 4.47. The van der Waals surface area contributed by atoms with E-state index in [9.17, 15) is 0 Å². The van der Waals surface area contributed by atoms with Gasteiger partial charge in [-0.2, -0.15) is 0 Å². The lowest BCUT2D eigenvalue weighted by Crippen LogP contribution is -2.39. The van der Waals surface area contributed by atoms with Crippen molar-refractivity contribution in [3.05, 3.63) is 11.6 Å². The van der Waals surface area contributed by atoms with Crippen LogP contribution in [-0.2, 0) is 0 Å². The van der Waals surface area contributed by atoms with Crippen molar-refractivity contribution in [2.24, 2.45) is 17.1 Å². The molecule has 1 aliphatic carbocycles. The van der Waals surface area contributed by atoms with Crippen molar-refractivity contribution in [2.45, 2.75) is 52.5 Å². The van der Waals surface area contributed by atoms with Crippen molar-refractivity contribution in [1.29, 1.82) is 0 Å². The van der Waals surface area contributed by atoms with Crippen LogP contribution >= 0.6 is 0 Å². The van der Waals surface area contributed by atoms with E-state index in [1.165, 1.54) is 38.8 Å². The topological polar surface area (TPSA) is 29.3 Å². The van der Waals surface area contributed by atoms with Gasteiger partial charge in [0.05, 0.1) is 0 Å². The second kappa shape index (κ2) is 5.11. The lowest BCUT2D eigenvalue weighted by molar-refractivity contribution is 0.229. The Morgan fingerprint density at radius 2 is 2.12 bits per heavy atom. The number of nitrogens with zero attached hydrogens (tertiary/aromatic N) is 1. The van der Waals surface area contributed by atoms with Gasteiger partial charge in [-0.15, -0.1) is 0 Å². The first-order chi connectivity index (χ1) is 7.97. The molecule has 0 saturated heterocycles. The maximum Gasteiger partial charge on any atom is 0.0166 e. The fourth-order valence-corrected chi connectivity index (χ4v) is 3.18. The zero-order valence-electron chi connectivity index (χ0n) is 11.7. The van der Waals surface area contributed by atoms with E-state index in [1.807, 2.05) is 0 Å². The van der Waals surface area contributed by atoms with E-state index < -0.39 is 0 Å². The molecule has 98 valence electrons. The van der Waals surface area contributed by atoms with Crippen LogP contribution in [0.2, 0.25) is 0 Å². The summed E-state index contributed by atoms with van der Waals surface area (Å²) < 4.78 is 0. The molecular weight excluding hydrogens is 208 g/mol. The highest BCUT2D eigenvalue weighted by Gasteiger charge is 2.27. The number of nitrogens with two attached hydrogens (primary N) is 1. The molecular formula is C15H28N2. The van der Waals surface area contributed by atoms with E-state index in [2.05, 4.69) is 31.7 Å². The Morgan fingerprint density at radius 1 is 1.35 bits per heavy atom. The highest BCUT2D eigenvalue weighted by atomic mass is 15.1. The van der Waals surface area contributed by atoms with Gasteiger partial charge < -0.3 is 5.73 Å². The summed E-state index contributed by atoms with van der Waals surface area (Å²) in [5, 5.41) is 0. The Morgan fingerprint density at radius 3 is 2.59 bits per heavy atom. The maximum atomic E-state index is 6.15. The molecule has 0 radical (unpaired) electrons. The highest BCUT2D eigenvalue weighted by Crippen LogP contribution is 2.31. The van der Waals surface area contributed by atoms with Crippen LogP contribution in [0.4, 0.5) is 0 Å². The maximum absolute atomic E-state index is 6.15. The molecule has 0 aromatic rings. The largest absolute Gasteiger partial charge is 0.327 e. The standard InChI is InChI=1S/C15H28N2/c1-15(2,3)13-7-9-17(10-8-13)11-12-5-4-6-14(12)16/h7,12,14H,4-6,8-11,16H2,1-3H3. The Hall–Kier alpha value is -0.340. The van der Waals surface area contributed by atoms with Gasteiger partial charge in [0, 0.05) is 25.7 Å². The molecule has 0 aromatic carbocycles. The van der Waals surface area contributed by atoms with Gasteiger partial charge in [-0.05, 0) is 30.6 Å². The summed E-state index contributed by atoms with van der Waals surface area (Å²) in [6.07, 6.45) is 7.60. The van der Waals surface area contributed by atoms with E-state index in [4.69, 9.17) is 5.73 Å². The van der Waals surface area contributed by atoms with Gasteiger partial charge in [0.1, 0.15) is 0 Å². The number of hydrogen-bond acceptors (Lipinski definition) is 2. The van der Waals surface area contributed by atoms with Crippen molar-refractivity contribution in [3.8, 4) is 0 Å². The second-order valence-electron chi connectivity index (χ2n) is 6.84. The lowest BCUT2D eigenvalue weighted by atomic mass is 9.83. The first kappa shape index (κ1) is 13.1. The number of hydrogen-bond donors (Lipinski definition) is 1. The lowest BCUT2D eigenvalue weighted by Gasteiger charge is -2.34. The van der Waals surface area contributed by atoms with Gasteiger partial charge >= 0.3 is 0 Å². The van der Waals surface area contributed by atoms with E-state index in [1.54, 1.807) is 5.57 Å². The molecule has 2 rings (SSSR count). The zero-order valence-corrected chi connectivity index (χ0v) is 11.7. The zero-order chi connectivity index (χ0) is 12.5. The van der Waals surface area contributed by atoms with Gasteiger partial charge in [-0.1, -0.05) is 38.8 Å². The van der Waals surface area contributed by atoms with Crippen LogP contribution in [0.5, 0.6) is 0 Å². The van der Waals surface area contributed by atoms with Crippen molar-refractivity contribution in [1.82, 2.24) is 4.90 Å². The van der Waals surface area contributed by atoms with E-state index in [0.29, 0.717) is 11.5 Å². The smallest absolute Gasteiger partial charge is 0.0166 e. The molecule has 2 nitrogen and oxygen atoms in total. The Labute approximate surface area is 106 Å². The first-order valence-electron chi connectivity index (χ1n) is 7.14. The Balaban J connectivity index is 1.85. The fourth-order valence-electron chi connectivity index (χ4n) is 3.18. The molecule has 2 aliphatic rings. The second-order valence-corrected chi connectivity index (χ2v) is 6.84. The molecule has 2 heteroatoms. The molecule has 0 spiro atoms. The quantitative estimate of drug-likeness (QED) is 0.747. The third kappa shape index (κ3) is 3.32. The van der Waals surface area contributed by atoms with E-state index in [0.717, 1.165) is 12.5 Å². The van der Waals surface area contributed by atoms with E-state index >= 15 is 0 Å². The molecule has 1 heterocycles. The van der Waals surface area contributed by atoms with Crippen LogP contribution in [0.1, 0.15) is 46.5 Å². The minimum Gasteiger partial charge on any atom is -0.327 e. The summed E-state index contributed by atoms with van der Waals surface area (Å²) >= 11 is 0. The summed E-state index contributed by atoms with van der Waals surface area (Å²) in [7, 11) is 0. The van der Waals surface area contributed by atoms with Gasteiger partial charge in [0.2, 0.25) is 0 Å². The van der Waals surface area contributed by atoms with Crippen LogP contribution < -0.4 is 5.73 Å². The van der Waals surface area contributed by atoms with Crippen LogP contribution in [0.25, 0.3) is 0 Å². The molecule has 17 heavy (non-hydrogen) atoms. The van der Waals surface area contributed by atoms with Crippen molar-refractivity contribution in [2.75, 3.05) is 19.6 Å². The van der Waals surface area contributed by atoms with Gasteiger partial charge in [-0.3, -0.25) is 4.90 Å². The van der Waals surface area contributed by atoms with Gasteiger partial charge in [0.25, 0.3) is 0 Å². The normalized spacial score (nSPS) is 31.6. The monoisotopic (exact) mass is 236 g/mol. The highest BCUT2D eigenvalue weighted by molar-refractivity contribution is 5.14. The molecule has 1 fully saturated rings. The molecule has 1 aliphatic heterocycles. The van der Waals surface area contributed by atoms with Gasteiger partial charge in [0.15, 0.2) is 0 Å². The van der Waals surface area contributed by atoms with Crippen LogP contribution in [-0.4, -0.2) is 30.6 Å². The summed E-state index contributed by atoms with van der Waals surface area (Å²) in [5.41, 5.74) is 8.14. The van der Waals surface area contributed by atoms with Crippen molar-refractivity contribution in [3.63, 3.8) is 0 Å². The first-order valence-corrected chi connectivity index (χ1v) is 7.14. The summed E-state index contributed by atoms with van der Waals surface area (Å²) in [4.78, 5) is 2.59. The summed E-state index contributed by atoms with van der Waals surface area (Å²) in [5.74, 6) is 0.750. The molecule has 2 unspecified atom stereocenters. The summed E-state index contributed by atoms with van der Waals surface area (Å²) in [6.45, 7) is 10.5. The van der Waals surface area contributed by atoms with Crippen molar-refractivity contribution < 1.29 is 0 Å². The molecule has 2 atom stereocenters. The predicted molar refractivity (Wildman–Crippen MR) is 73.9 cm³/mol. The predicted octanol–water partition coefficient (Wildman–Crippen LogP) is 2.79. The van der Waals surface area contributed by atoms with Crippen LogP contribution in [0.15, 0.2) is 11.6 Å². The number of rotatable bonds is 2. The summed E-state index contributed by atoms with van der Waals surface area (Å²) in [6, 6.07) is 0.461. The SMILES string of the molecule is CC(C)(C)C1=CCN(CC2CCCC2N)CC1. The van der Waals surface area contributed by atoms with Crippen LogP contribution in [0, 0.1) is 11.3 Å². The average Bonchev–Trinajstić information content (AvgIpc) is 2.64. The Bertz CT molecular complexity index is 288. The minimum absolute atomic E-state index is 0.357. The average molecular weight is 236 g/mol. The molecule has 1 saturated carbocycles. The van der Waals surface area contributed by atoms with Gasteiger partial charge in [-0.25, -0.2) is 0 Å².